The van der Waals surface area contributed by atoms with Crippen LogP contribution in [-0.4, -0.2) is 85.3 Å². The van der Waals surface area contributed by atoms with Crippen LogP contribution in [-0.2, 0) is 30.7 Å². The van der Waals surface area contributed by atoms with Crippen molar-refractivity contribution in [2.24, 2.45) is 17.8 Å². The van der Waals surface area contributed by atoms with Crippen LogP contribution in [0.25, 0.3) is 10.2 Å². The normalized spacial score (nSPS) is 25.3. The molecular weight excluding hydrogens is 629 g/mol. The molecule has 2 aromatic carbocycles. The van der Waals surface area contributed by atoms with Crippen LogP contribution >= 0.6 is 11.3 Å². The van der Waals surface area contributed by atoms with Gasteiger partial charge < -0.3 is 30.0 Å². The van der Waals surface area contributed by atoms with Crippen LogP contribution in [0.15, 0.2) is 53.4 Å². The Balaban J connectivity index is 1.20. The number of fused-ring (bicyclic) bond motifs is 2. The first kappa shape index (κ1) is 33.1. The Morgan fingerprint density at radius 2 is 1.91 bits per heavy atom. The second kappa shape index (κ2) is 13.7. The number of carbonyl (C=O) groups is 1. The molecule has 7 atom stereocenters. The molecule has 11 nitrogen and oxygen atoms in total. The van der Waals surface area contributed by atoms with E-state index < -0.39 is 34.4 Å². The molecule has 3 N–H and O–H groups in total. The van der Waals surface area contributed by atoms with Gasteiger partial charge in [-0.15, -0.1) is 0 Å². The summed E-state index contributed by atoms with van der Waals surface area (Å²) in [7, 11) is -4.01. The molecule has 3 heterocycles. The predicted octanol–water partition coefficient (Wildman–Crippen LogP) is 4.61. The van der Waals surface area contributed by atoms with Gasteiger partial charge in [0, 0.05) is 25.0 Å². The number of anilines is 1. The van der Waals surface area contributed by atoms with Crippen LogP contribution < -0.4 is 10.6 Å². The number of ether oxygens (including phenoxy) is 3. The number of aliphatic hydroxyl groups is 1. The minimum atomic E-state index is -4.01. The SMILES string of the molecule is CC(C)CN(C[C@@H](O)[C@H](Cc1ccccc1)NC(=O)OC1CC2COC3OC1CC23)S(=O)(=O)c1ccc2nc(NC(C)C)sc2c1. The minimum Gasteiger partial charge on any atom is -0.443 e. The first-order valence-corrected chi connectivity index (χ1v) is 18.4. The summed E-state index contributed by atoms with van der Waals surface area (Å²) in [5.74, 6) is 0.636. The summed E-state index contributed by atoms with van der Waals surface area (Å²) in [5.41, 5.74) is 1.60. The van der Waals surface area contributed by atoms with Crippen molar-refractivity contribution in [3.63, 3.8) is 0 Å². The van der Waals surface area contributed by atoms with E-state index in [1.165, 1.54) is 15.6 Å². The Hall–Kier alpha value is -2.81. The molecule has 0 radical (unpaired) electrons. The Morgan fingerprint density at radius 1 is 1.13 bits per heavy atom. The Kier molecular flexibility index (Phi) is 9.88. The van der Waals surface area contributed by atoms with Crippen LogP contribution in [0.2, 0.25) is 0 Å². The average Bonchev–Trinajstić information content (AvgIpc) is 3.68. The van der Waals surface area contributed by atoms with E-state index in [4.69, 9.17) is 14.2 Å². The monoisotopic (exact) mass is 672 g/mol. The maximum atomic E-state index is 14.1. The van der Waals surface area contributed by atoms with Crippen LogP contribution in [0.5, 0.6) is 0 Å². The van der Waals surface area contributed by atoms with Gasteiger partial charge in [-0.25, -0.2) is 18.2 Å². The number of aromatic nitrogens is 1. The molecule has 5 unspecified atom stereocenters. The summed E-state index contributed by atoms with van der Waals surface area (Å²) < 4.78 is 47.8. The van der Waals surface area contributed by atoms with Gasteiger partial charge in [0.2, 0.25) is 10.0 Å². The molecule has 3 aliphatic rings. The molecule has 3 fully saturated rings. The highest BCUT2D eigenvalue weighted by atomic mass is 32.2. The number of rotatable bonds is 13. The van der Waals surface area contributed by atoms with E-state index in [1.54, 1.807) is 18.2 Å². The second-order valence-electron chi connectivity index (χ2n) is 13.4. The lowest BCUT2D eigenvalue weighted by Crippen LogP contribution is -2.52. The number of carbonyl (C=O) groups excluding carboxylic acids is 1. The minimum absolute atomic E-state index is 0.0118. The van der Waals surface area contributed by atoms with Crippen LogP contribution in [0.3, 0.4) is 0 Å². The smallest absolute Gasteiger partial charge is 0.407 e. The largest absolute Gasteiger partial charge is 0.443 e. The summed E-state index contributed by atoms with van der Waals surface area (Å²) >= 11 is 1.40. The molecule has 1 aromatic heterocycles. The molecule has 46 heavy (non-hydrogen) atoms. The van der Waals surface area contributed by atoms with Gasteiger partial charge in [0.25, 0.3) is 0 Å². The Labute approximate surface area is 274 Å². The predicted molar refractivity (Wildman–Crippen MR) is 176 cm³/mol. The van der Waals surface area contributed by atoms with Crippen LogP contribution in [0.4, 0.5) is 9.93 Å². The summed E-state index contributed by atoms with van der Waals surface area (Å²) in [6.07, 6.45) is -0.956. The fraction of sp³-hybridized carbons (Fsp3) is 0.576. The maximum absolute atomic E-state index is 14.1. The van der Waals surface area contributed by atoms with Gasteiger partial charge in [-0.05, 0) is 68.7 Å². The second-order valence-corrected chi connectivity index (χ2v) is 16.4. The summed E-state index contributed by atoms with van der Waals surface area (Å²) in [4.78, 5) is 18.0. The molecule has 6 rings (SSSR count). The van der Waals surface area contributed by atoms with Crippen molar-refractivity contribution in [1.82, 2.24) is 14.6 Å². The number of amides is 1. The van der Waals surface area contributed by atoms with Gasteiger partial charge >= 0.3 is 6.09 Å². The van der Waals surface area contributed by atoms with Crippen LogP contribution in [0.1, 0.15) is 46.1 Å². The van der Waals surface area contributed by atoms with E-state index in [9.17, 15) is 18.3 Å². The van der Waals surface area contributed by atoms with Gasteiger partial charge in [-0.3, -0.25) is 0 Å². The lowest BCUT2D eigenvalue weighted by Gasteiger charge is -2.33. The zero-order valence-electron chi connectivity index (χ0n) is 26.7. The molecule has 1 amide bonds. The van der Waals surface area contributed by atoms with Crippen molar-refractivity contribution in [2.45, 2.75) is 88.5 Å². The highest BCUT2D eigenvalue weighted by Crippen LogP contribution is 2.47. The van der Waals surface area contributed by atoms with Crippen LogP contribution in [0, 0.1) is 17.8 Å². The van der Waals surface area contributed by atoms with Gasteiger partial charge in [-0.2, -0.15) is 4.31 Å². The number of nitrogens with zero attached hydrogens (tertiary/aromatic N) is 2. The quantitative estimate of drug-likeness (QED) is 0.238. The van der Waals surface area contributed by atoms with E-state index in [2.05, 4.69) is 15.6 Å². The molecule has 3 aromatic rings. The van der Waals surface area contributed by atoms with E-state index in [0.717, 1.165) is 21.8 Å². The van der Waals surface area contributed by atoms with Gasteiger partial charge in [-0.1, -0.05) is 55.5 Å². The Morgan fingerprint density at radius 3 is 2.65 bits per heavy atom. The molecule has 13 heteroatoms. The number of hydrogen-bond donors (Lipinski definition) is 3. The van der Waals surface area contributed by atoms with E-state index in [0.29, 0.717) is 30.4 Å². The fourth-order valence-electron chi connectivity index (χ4n) is 6.70. The molecule has 2 saturated heterocycles. The molecular formula is C33H44N4O7S2. The number of sulfonamides is 1. The highest BCUT2D eigenvalue weighted by molar-refractivity contribution is 7.89. The molecule has 1 aliphatic carbocycles. The topological polar surface area (TPSA) is 139 Å². The van der Waals surface area contributed by atoms with E-state index >= 15 is 0 Å². The Bertz CT molecular complexity index is 1610. The highest BCUT2D eigenvalue weighted by Gasteiger charge is 2.54. The lowest BCUT2D eigenvalue weighted by atomic mass is 9.80. The van der Waals surface area contributed by atoms with Crippen molar-refractivity contribution >= 4 is 42.8 Å². The maximum Gasteiger partial charge on any atom is 0.407 e. The van der Waals surface area contributed by atoms with Crippen molar-refractivity contribution < 1.29 is 32.5 Å². The van der Waals surface area contributed by atoms with E-state index in [1.807, 2.05) is 58.0 Å². The molecule has 2 aliphatic heterocycles. The van der Waals surface area contributed by atoms with Gasteiger partial charge in [0.1, 0.15) is 6.10 Å². The zero-order valence-corrected chi connectivity index (χ0v) is 28.3. The number of alkyl carbamates (subject to hydrolysis) is 1. The standard InChI is InChI=1S/C33H44N4O7S2/c1-19(2)16-37(46(40,41)23-10-11-25-30(14-23)45-32(35-25)34-20(3)4)17-27(38)26(12-21-8-6-5-7-9-21)36-33(39)44-28-13-22-18-42-31-24(22)15-29(28)43-31/h5-11,14,19-20,22,24,26-29,31,38H,12-13,15-18H2,1-4H3,(H,34,35)(H,36,39)/t22?,24?,26-,27+,28?,29?,31?/m0/s1. The number of benzene rings is 2. The fourth-order valence-corrected chi connectivity index (χ4v) is 9.47. The average molecular weight is 673 g/mol. The van der Waals surface area contributed by atoms with Gasteiger partial charge in [0.15, 0.2) is 11.4 Å². The summed E-state index contributed by atoms with van der Waals surface area (Å²) in [6, 6.07) is 13.8. The van der Waals surface area contributed by atoms with Crippen molar-refractivity contribution in [2.75, 3.05) is 25.0 Å². The third-order valence-corrected chi connectivity index (χ3v) is 11.7. The van der Waals surface area contributed by atoms with Crippen molar-refractivity contribution in [1.29, 1.82) is 0 Å². The zero-order chi connectivity index (χ0) is 32.6. The van der Waals surface area contributed by atoms with Crippen molar-refractivity contribution in [3.8, 4) is 0 Å². The van der Waals surface area contributed by atoms with Gasteiger partial charge in [0.05, 0.1) is 40.0 Å². The number of hydrogen-bond acceptors (Lipinski definition) is 10. The van der Waals surface area contributed by atoms with Crippen molar-refractivity contribution in [3.05, 3.63) is 54.1 Å². The summed E-state index contributed by atoms with van der Waals surface area (Å²) in [6.45, 7) is 8.48. The summed E-state index contributed by atoms with van der Waals surface area (Å²) in [5, 5.41) is 18.5. The molecule has 1 saturated carbocycles. The third-order valence-electron chi connectivity index (χ3n) is 8.89. The first-order chi connectivity index (χ1) is 22.0. The molecule has 0 spiro atoms. The van der Waals surface area contributed by atoms with E-state index in [-0.39, 0.29) is 48.8 Å². The number of thiazole rings is 1. The third kappa shape index (κ3) is 7.34. The number of nitrogens with one attached hydrogen (secondary N) is 2. The molecule has 250 valence electrons. The molecule has 2 bridgehead atoms. The first-order valence-electron chi connectivity index (χ1n) is 16.1. The number of aliphatic hydroxyl groups excluding tert-OH is 1. The lowest BCUT2D eigenvalue weighted by molar-refractivity contribution is -0.147.